The molecule has 0 aliphatic carbocycles. The number of hydrogen-bond acceptors (Lipinski definition) is 3. The van der Waals surface area contributed by atoms with E-state index < -0.39 is 0 Å². The summed E-state index contributed by atoms with van der Waals surface area (Å²) in [5, 5.41) is 6.26. The topological polar surface area (TPSA) is 27.7 Å². The summed E-state index contributed by atoms with van der Waals surface area (Å²) in [5.41, 5.74) is 0. The zero-order chi connectivity index (χ0) is 18.4. The van der Waals surface area contributed by atoms with Crippen molar-refractivity contribution in [1.82, 2.24) is 0 Å². The Kier molecular flexibility index (Phi) is 8.05. The van der Waals surface area contributed by atoms with Crippen molar-refractivity contribution in [2.45, 2.75) is 59.9 Å². The molecule has 0 unspecified atom stereocenters. The van der Waals surface area contributed by atoms with E-state index in [4.69, 9.17) is 13.3 Å². The summed E-state index contributed by atoms with van der Waals surface area (Å²) in [5.74, 6) is 0. The minimum Gasteiger partial charge on any atom is -0.409 e. The van der Waals surface area contributed by atoms with Crippen molar-refractivity contribution >= 4 is 55.6 Å². The molecule has 2 aromatic rings. The summed E-state index contributed by atoms with van der Waals surface area (Å²) in [6.07, 6.45) is 0.622. The van der Waals surface area contributed by atoms with Gasteiger partial charge in [0, 0.05) is 18.3 Å². The van der Waals surface area contributed by atoms with Crippen molar-refractivity contribution < 1.29 is 13.3 Å². The maximum Gasteiger partial charge on any atom is 0.269 e. The molecule has 0 spiro atoms. The standard InChI is InChI=1S/C19H26O3Si3/c1-12(2)20-23-17-11-15-9-7-8-10-16(15)18(24-21-13(3)4)19(17)25-22-14(5)6/h7-14H,1-6H3. The van der Waals surface area contributed by atoms with Gasteiger partial charge in [0.15, 0.2) is 0 Å². The summed E-state index contributed by atoms with van der Waals surface area (Å²) in [4.78, 5) is 0. The van der Waals surface area contributed by atoms with Crippen LogP contribution in [0.5, 0.6) is 0 Å². The first kappa shape index (κ1) is 20.5. The van der Waals surface area contributed by atoms with Gasteiger partial charge in [-0.3, -0.25) is 0 Å². The Bertz CT molecular complexity index is 687. The van der Waals surface area contributed by atoms with Crippen molar-refractivity contribution in [2.24, 2.45) is 0 Å². The van der Waals surface area contributed by atoms with E-state index in [1.807, 2.05) is 0 Å². The molecule has 132 valence electrons. The van der Waals surface area contributed by atoms with E-state index in [-0.39, 0.29) is 18.3 Å². The molecule has 25 heavy (non-hydrogen) atoms. The van der Waals surface area contributed by atoms with Gasteiger partial charge in [-0.15, -0.1) is 0 Å². The summed E-state index contributed by atoms with van der Waals surface area (Å²) in [6.45, 7) is 12.5. The Morgan fingerprint density at radius 1 is 0.680 bits per heavy atom. The molecular weight excluding hydrogens is 360 g/mol. The van der Waals surface area contributed by atoms with Crippen molar-refractivity contribution in [3.8, 4) is 0 Å². The average Bonchev–Trinajstić information content (AvgIpc) is 2.55. The van der Waals surface area contributed by atoms with Crippen LogP contribution in [-0.4, -0.2) is 47.6 Å². The third-order valence-corrected chi connectivity index (χ3v) is 7.58. The summed E-state index contributed by atoms with van der Waals surface area (Å²) >= 11 is 0. The minimum absolute atomic E-state index is 0.203. The molecule has 0 saturated carbocycles. The Balaban J connectivity index is 2.51. The molecule has 0 fully saturated rings. The molecule has 3 nitrogen and oxygen atoms in total. The second-order valence-corrected chi connectivity index (χ2v) is 9.56. The maximum atomic E-state index is 6.00. The van der Waals surface area contributed by atoms with E-state index in [1.54, 1.807) is 0 Å². The summed E-state index contributed by atoms with van der Waals surface area (Å²) in [6, 6.07) is 10.8. The predicted octanol–water partition coefficient (Wildman–Crippen LogP) is 1.85. The van der Waals surface area contributed by atoms with Gasteiger partial charge in [-0.1, -0.05) is 30.3 Å². The predicted molar refractivity (Wildman–Crippen MR) is 109 cm³/mol. The van der Waals surface area contributed by atoms with E-state index in [0.717, 1.165) is 0 Å². The fourth-order valence-electron chi connectivity index (χ4n) is 2.17. The maximum absolute atomic E-state index is 6.00. The van der Waals surface area contributed by atoms with Gasteiger partial charge in [-0.25, -0.2) is 0 Å². The first-order valence-corrected chi connectivity index (χ1v) is 11.4. The molecule has 6 heteroatoms. The molecule has 0 N–H and O–H groups in total. The highest BCUT2D eigenvalue weighted by Crippen LogP contribution is 2.09. The SMILES string of the molecule is CC(C)O[Si]c1cc2ccccc2c([Si]OC(C)C)c1[Si]OC(C)C. The van der Waals surface area contributed by atoms with E-state index >= 15 is 0 Å². The molecule has 0 bridgehead atoms. The molecule has 2 aromatic carbocycles. The zero-order valence-corrected chi connectivity index (χ0v) is 18.8. The number of fused-ring (bicyclic) bond motifs is 1. The van der Waals surface area contributed by atoms with Crippen LogP contribution in [0.1, 0.15) is 41.5 Å². The third-order valence-electron chi connectivity index (χ3n) is 3.25. The molecule has 0 amide bonds. The lowest BCUT2D eigenvalue weighted by molar-refractivity contribution is 0.258. The highest BCUT2D eigenvalue weighted by molar-refractivity contribution is 6.71. The Morgan fingerprint density at radius 2 is 1.20 bits per heavy atom. The van der Waals surface area contributed by atoms with Crippen LogP contribution in [0.3, 0.4) is 0 Å². The fourth-order valence-corrected chi connectivity index (χ4v) is 5.42. The van der Waals surface area contributed by atoms with Crippen LogP contribution in [0.4, 0.5) is 0 Å². The molecule has 0 heterocycles. The normalized spacial score (nSPS) is 12.0. The largest absolute Gasteiger partial charge is 0.409 e. The molecule has 0 aliphatic heterocycles. The van der Waals surface area contributed by atoms with Gasteiger partial charge in [0.25, 0.3) is 29.3 Å². The Morgan fingerprint density at radius 3 is 1.80 bits per heavy atom. The van der Waals surface area contributed by atoms with Gasteiger partial charge in [-0.05, 0) is 67.9 Å². The van der Waals surface area contributed by atoms with Gasteiger partial charge in [0.2, 0.25) is 0 Å². The van der Waals surface area contributed by atoms with Gasteiger partial charge in [0.05, 0.1) is 0 Å². The van der Waals surface area contributed by atoms with E-state index in [0.29, 0.717) is 29.3 Å². The second-order valence-electron chi connectivity index (χ2n) is 6.70. The van der Waals surface area contributed by atoms with Crippen LogP contribution in [-0.2, 0) is 13.3 Å². The zero-order valence-electron chi connectivity index (χ0n) is 15.8. The van der Waals surface area contributed by atoms with Crippen molar-refractivity contribution in [3.63, 3.8) is 0 Å². The molecule has 0 aromatic heterocycles. The van der Waals surface area contributed by atoms with Crippen LogP contribution in [0.15, 0.2) is 30.3 Å². The highest BCUT2D eigenvalue weighted by Gasteiger charge is 2.19. The van der Waals surface area contributed by atoms with Crippen LogP contribution in [0.25, 0.3) is 10.8 Å². The Labute approximate surface area is 159 Å². The van der Waals surface area contributed by atoms with E-state index in [9.17, 15) is 0 Å². The van der Waals surface area contributed by atoms with Gasteiger partial charge in [0.1, 0.15) is 0 Å². The first-order valence-electron chi connectivity index (χ1n) is 8.69. The molecule has 0 atom stereocenters. The summed E-state index contributed by atoms with van der Waals surface area (Å²) in [7, 11) is 0.940. The number of benzene rings is 2. The summed E-state index contributed by atoms with van der Waals surface area (Å²) < 4.78 is 17.9. The van der Waals surface area contributed by atoms with Gasteiger partial charge < -0.3 is 13.3 Å². The van der Waals surface area contributed by atoms with Crippen LogP contribution in [0, 0.1) is 0 Å². The highest BCUT2D eigenvalue weighted by atomic mass is 28.2. The Hall–Kier alpha value is -0.769. The van der Waals surface area contributed by atoms with Gasteiger partial charge in [-0.2, -0.15) is 0 Å². The van der Waals surface area contributed by atoms with E-state index in [2.05, 4.69) is 71.9 Å². The number of rotatable bonds is 9. The monoisotopic (exact) mass is 386 g/mol. The molecule has 2 rings (SSSR count). The van der Waals surface area contributed by atoms with Crippen molar-refractivity contribution in [1.29, 1.82) is 0 Å². The van der Waals surface area contributed by atoms with Crippen LogP contribution < -0.4 is 15.6 Å². The third kappa shape index (κ3) is 6.16. The number of hydrogen-bond donors (Lipinski definition) is 0. The first-order chi connectivity index (χ1) is 11.9. The lowest BCUT2D eigenvalue weighted by Gasteiger charge is -2.19. The van der Waals surface area contributed by atoms with Crippen molar-refractivity contribution in [3.05, 3.63) is 30.3 Å². The smallest absolute Gasteiger partial charge is 0.269 e. The quantitative estimate of drug-likeness (QED) is 0.616. The molecular formula is C19H26O3Si3. The van der Waals surface area contributed by atoms with Gasteiger partial charge >= 0.3 is 0 Å². The molecule has 6 radical (unpaired) electrons. The molecule has 0 saturated heterocycles. The van der Waals surface area contributed by atoms with E-state index in [1.165, 1.54) is 26.3 Å². The average molecular weight is 387 g/mol. The van der Waals surface area contributed by atoms with Crippen molar-refractivity contribution in [2.75, 3.05) is 0 Å². The lowest BCUT2D eigenvalue weighted by Crippen LogP contribution is -2.51. The minimum atomic E-state index is 0.203. The second kappa shape index (κ2) is 9.80. The van der Waals surface area contributed by atoms with Crippen LogP contribution >= 0.6 is 0 Å². The van der Waals surface area contributed by atoms with Crippen LogP contribution in [0.2, 0.25) is 0 Å². The lowest BCUT2D eigenvalue weighted by atomic mass is 10.1. The molecule has 0 aliphatic rings. The fraction of sp³-hybridized carbons (Fsp3) is 0.474.